The first kappa shape index (κ1) is 9.42. The number of rotatable bonds is 2. The van der Waals surface area contributed by atoms with Crippen LogP contribution in [0.2, 0.25) is 0 Å². The highest BCUT2D eigenvalue weighted by Crippen LogP contribution is 2.38. The van der Waals surface area contributed by atoms with Crippen molar-refractivity contribution in [3.63, 3.8) is 0 Å². The molecular formula is C8H12ClN3. The van der Waals surface area contributed by atoms with Crippen LogP contribution in [0.15, 0.2) is 12.3 Å². The number of nitrogens with zero attached hydrogens (tertiary/aromatic N) is 2. The monoisotopic (exact) mass is 185 g/mol. The summed E-state index contributed by atoms with van der Waals surface area (Å²) in [6.45, 7) is 0.445. The van der Waals surface area contributed by atoms with Crippen LogP contribution in [0, 0.1) is 0 Å². The first-order valence-electron chi connectivity index (χ1n) is 3.92. The lowest BCUT2D eigenvalue weighted by atomic mass is 10.3. The molecule has 0 radical (unpaired) electrons. The summed E-state index contributed by atoms with van der Waals surface area (Å²) >= 11 is 0. The van der Waals surface area contributed by atoms with Crippen LogP contribution < -0.4 is 5.73 Å². The van der Waals surface area contributed by atoms with Crippen molar-refractivity contribution in [3.05, 3.63) is 23.8 Å². The summed E-state index contributed by atoms with van der Waals surface area (Å²) in [5.74, 6) is 1.46. The van der Waals surface area contributed by atoms with Gasteiger partial charge in [0.15, 0.2) is 0 Å². The molecule has 1 aliphatic carbocycles. The van der Waals surface area contributed by atoms with Gasteiger partial charge < -0.3 is 5.73 Å². The molecule has 4 heteroatoms. The molecule has 1 saturated carbocycles. The first-order valence-corrected chi connectivity index (χ1v) is 3.92. The molecule has 2 N–H and O–H groups in total. The Morgan fingerprint density at radius 1 is 1.50 bits per heavy atom. The van der Waals surface area contributed by atoms with Crippen molar-refractivity contribution < 1.29 is 0 Å². The van der Waals surface area contributed by atoms with Gasteiger partial charge in [0.1, 0.15) is 5.82 Å². The van der Waals surface area contributed by atoms with E-state index in [1.807, 2.05) is 6.07 Å². The third-order valence-electron chi connectivity index (χ3n) is 1.91. The number of hydrogen-bond acceptors (Lipinski definition) is 3. The molecule has 1 fully saturated rings. The van der Waals surface area contributed by atoms with Crippen molar-refractivity contribution in [3.8, 4) is 0 Å². The van der Waals surface area contributed by atoms with Crippen molar-refractivity contribution in [2.24, 2.45) is 5.73 Å². The van der Waals surface area contributed by atoms with Gasteiger partial charge in [0.05, 0.1) is 6.54 Å². The van der Waals surface area contributed by atoms with E-state index in [4.69, 9.17) is 5.73 Å². The molecule has 1 heterocycles. The molecule has 0 unspecified atom stereocenters. The Bertz CT molecular complexity index is 260. The van der Waals surface area contributed by atoms with Crippen LogP contribution in [-0.4, -0.2) is 9.97 Å². The molecule has 0 spiro atoms. The van der Waals surface area contributed by atoms with E-state index in [0.29, 0.717) is 12.5 Å². The van der Waals surface area contributed by atoms with E-state index in [1.54, 1.807) is 6.20 Å². The van der Waals surface area contributed by atoms with Gasteiger partial charge in [-0.1, -0.05) is 0 Å². The topological polar surface area (TPSA) is 51.8 Å². The van der Waals surface area contributed by atoms with Crippen molar-refractivity contribution in [1.29, 1.82) is 0 Å². The number of hydrogen-bond donors (Lipinski definition) is 1. The normalized spacial score (nSPS) is 15.4. The van der Waals surface area contributed by atoms with Crippen LogP contribution in [0.25, 0.3) is 0 Å². The average Bonchev–Trinajstić information content (AvgIpc) is 2.87. The maximum atomic E-state index is 5.41. The predicted octanol–water partition coefficient (Wildman–Crippen LogP) is 1.23. The fraction of sp³-hybridized carbons (Fsp3) is 0.500. The highest BCUT2D eigenvalue weighted by atomic mass is 35.5. The van der Waals surface area contributed by atoms with Crippen LogP contribution in [-0.2, 0) is 6.54 Å². The maximum Gasteiger partial charge on any atom is 0.142 e. The zero-order valence-electron chi connectivity index (χ0n) is 6.73. The molecule has 0 aliphatic heterocycles. The Balaban J connectivity index is 0.000000720. The molecule has 0 saturated heterocycles. The third-order valence-corrected chi connectivity index (χ3v) is 1.91. The zero-order chi connectivity index (χ0) is 7.68. The van der Waals surface area contributed by atoms with E-state index in [1.165, 1.54) is 18.5 Å². The molecule has 0 aromatic carbocycles. The SMILES string of the molecule is Cl.NCc1nccc(C2CC2)n1. The Hall–Kier alpha value is -0.670. The van der Waals surface area contributed by atoms with Gasteiger partial charge in [0.25, 0.3) is 0 Å². The molecule has 12 heavy (non-hydrogen) atoms. The van der Waals surface area contributed by atoms with Gasteiger partial charge in [0.2, 0.25) is 0 Å². The van der Waals surface area contributed by atoms with E-state index in [0.717, 1.165) is 5.82 Å². The molecule has 1 aromatic rings. The van der Waals surface area contributed by atoms with Crippen LogP contribution in [0.5, 0.6) is 0 Å². The largest absolute Gasteiger partial charge is 0.324 e. The first-order chi connectivity index (χ1) is 5.40. The highest BCUT2D eigenvalue weighted by molar-refractivity contribution is 5.85. The average molecular weight is 186 g/mol. The number of aromatic nitrogens is 2. The van der Waals surface area contributed by atoms with E-state index < -0.39 is 0 Å². The number of halogens is 1. The minimum absolute atomic E-state index is 0. The van der Waals surface area contributed by atoms with Crippen molar-refractivity contribution in [2.75, 3.05) is 0 Å². The number of nitrogens with two attached hydrogens (primary N) is 1. The van der Waals surface area contributed by atoms with Crippen molar-refractivity contribution >= 4 is 12.4 Å². The molecule has 66 valence electrons. The van der Waals surface area contributed by atoms with Gasteiger partial charge in [-0.05, 0) is 18.9 Å². The Labute approximate surface area is 77.8 Å². The summed E-state index contributed by atoms with van der Waals surface area (Å²) < 4.78 is 0. The van der Waals surface area contributed by atoms with Gasteiger partial charge in [-0.25, -0.2) is 9.97 Å². The van der Waals surface area contributed by atoms with Crippen molar-refractivity contribution in [1.82, 2.24) is 9.97 Å². The standard InChI is InChI=1S/C8H11N3.ClH/c9-5-8-10-4-3-7(11-8)6-1-2-6;/h3-4,6H,1-2,5,9H2;1H. The lowest BCUT2D eigenvalue weighted by molar-refractivity contribution is 0.863. The Morgan fingerprint density at radius 3 is 2.83 bits per heavy atom. The smallest absolute Gasteiger partial charge is 0.142 e. The molecular weight excluding hydrogens is 174 g/mol. The van der Waals surface area contributed by atoms with Crippen LogP contribution in [0.3, 0.4) is 0 Å². The maximum absolute atomic E-state index is 5.41. The lowest BCUT2D eigenvalue weighted by Crippen LogP contribution is -2.03. The molecule has 2 rings (SSSR count). The zero-order valence-corrected chi connectivity index (χ0v) is 7.55. The van der Waals surface area contributed by atoms with E-state index in [-0.39, 0.29) is 12.4 Å². The Kier molecular flexibility index (Phi) is 3.00. The minimum atomic E-state index is 0. The quantitative estimate of drug-likeness (QED) is 0.754. The van der Waals surface area contributed by atoms with Crippen LogP contribution >= 0.6 is 12.4 Å². The molecule has 0 amide bonds. The molecule has 3 nitrogen and oxygen atoms in total. The molecule has 1 aliphatic rings. The fourth-order valence-corrected chi connectivity index (χ4v) is 1.12. The van der Waals surface area contributed by atoms with Gasteiger partial charge in [-0.15, -0.1) is 12.4 Å². The molecule has 0 atom stereocenters. The summed E-state index contributed by atoms with van der Waals surface area (Å²) in [4.78, 5) is 8.35. The van der Waals surface area contributed by atoms with Gasteiger partial charge in [-0.3, -0.25) is 0 Å². The summed E-state index contributed by atoms with van der Waals surface area (Å²) in [5.41, 5.74) is 6.58. The van der Waals surface area contributed by atoms with E-state index in [9.17, 15) is 0 Å². The summed E-state index contributed by atoms with van der Waals surface area (Å²) in [5, 5.41) is 0. The van der Waals surface area contributed by atoms with Crippen molar-refractivity contribution in [2.45, 2.75) is 25.3 Å². The summed E-state index contributed by atoms with van der Waals surface area (Å²) in [6, 6.07) is 1.98. The molecule has 1 aromatic heterocycles. The second-order valence-electron chi connectivity index (χ2n) is 2.88. The highest BCUT2D eigenvalue weighted by Gasteiger charge is 2.24. The third kappa shape index (κ3) is 1.93. The summed E-state index contributed by atoms with van der Waals surface area (Å²) in [6.07, 6.45) is 4.35. The summed E-state index contributed by atoms with van der Waals surface area (Å²) in [7, 11) is 0. The van der Waals surface area contributed by atoms with Crippen LogP contribution in [0.1, 0.15) is 30.3 Å². The van der Waals surface area contributed by atoms with Gasteiger partial charge in [-0.2, -0.15) is 0 Å². The van der Waals surface area contributed by atoms with E-state index in [2.05, 4.69) is 9.97 Å². The van der Waals surface area contributed by atoms with Crippen LogP contribution in [0.4, 0.5) is 0 Å². The van der Waals surface area contributed by atoms with Gasteiger partial charge in [0, 0.05) is 17.8 Å². The Morgan fingerprint density at radius 2 is 2.25 bits per heavy atom. The minimum Gasteiger partial charge on any atom is -0.324 e. The second-order valence-corrected chi connectivity index (χ2v) is 2.88. The lowest BCUT2D eigenvalue weighted by Gasteiger charge is -1.98. The van der Waals surface area contributed by atoms with Gasteiger partial charge >= 0.3 is 0 Å². The molecule has 0 bridgehead atoms. The van der Waals surface area contributed by atoms with E-state index >= 15 is 0 Å². The fourth-order valence-electron chi connectivity index (χ4n) is 1.12. The second kappa shape index (κ2) is 3.83. The predicted molar refractivity (Wildman–Crippen MR) is 49.1 cm³/mol.